The number of hydrogen-bond donors (Lipinski definition) is 1. The molecule has 17 heavy (non-hydrogen) atoms. The van der Waals surface area contributed by atoms with E-state index in [2.05, 4.69) is 24.0 Å². The second-order valence-electron chi connectivity index (χ2n) is 4.76. The number of benzene rings is 1. The van der Waals surface area contributed by atoms with Gasteiger partial charge in [0.1, 0.15) is 5.58 Å². The van der Waals surface area contributed by atoms with E-state index >= 15 is 0 Å². The Morgan fingerprint density at radius 3 is 3.06 bits per heavy atom. The van der Waals surface area contributed by atoms with Crippen molar-refractivity contribution in [2.24, 2.45) is 5.73 Å². The first-order valence-corrected chi connectivity index (χ1v) is 6.29. The summed E-state index contributed by atoms with van der Waals surface area (Å²) in [6.07, 6.45) is 3.96. The Bertz CT molecular complexity index is 532. The van der Waals surface area contributed by atoms with E-state index in [-0.39, 0.29) is 0 Å². The molecule has 1 fully saturated rings. The molecule has 1 aliphatic rings. The van der Waals surface area contributed by atoms with Gasteiger partial charge in [-0.2, -0.15) is 0 Å². The smallest absolute Gasteiger partial charge is 0.136 e. The maximum absolute atomic E-state index is 5.99. The largest absolute Gasteiger partial charge is 0.464 e. The maximum atomic E-state index is 5.99. The van der Waals surface area contributed by atoms with Crippen LogP contribution < -0.4 is 10.6 Å². The summed E-state index contributed by atoms with van der Waals surface area (Å²) in [5.74, 6) is 0. The van der Waals surface area contributed by atoms with E-state index in [1.165, 1.54) is 16.6 Å². The van der Waals surface area contributed by atoms with Gasteiger partial charge in [0.25, 0.3) is 0 Å². The maximum Gasteiger partial charge on any atom is 0.136 e. The Hall–Kier alpha value is -1.48. The van der Waals surface area contributed by atoms with Crippen molar-refractivity contribution in [2.45, 2.75) is 25.8 Å². The highest BCUT2D eigenvalue weighted by Gasteiger charge is 2.22. The normalized spacial score (nSPS) is 20.4. The molecule has 0 aliphatic carbocycles. The van der Waals surface area contributed by atoms with Gasteiger partial charge >= 0.3 is 0 Å². The summed E-state index contributed by atoms with van der Waals surface area (Å²) >= 11 is 0. The van der Waals surface area contributed by atoms with Crippen molar-refractivity contribution < 1.29 is 4.42 Å². The van der Waals surface area contributed by atoms with Gasteiger partial charge in [-0.1, -0.05) is 13.0 Å². The fourth-order valence-corrected chi connectivity index (χ4v) is 2.66. The average molecular weight is 230 g/mol. The van der Waals surface area contributed by atoms with Crippen LogP contribution in [-0.2, 0) is 6.42 Å². The fraction of sp³-hybridized carbons (Fsp3) is 0.429. The molecule has 1 aromatic carbocycles. The van der Waals surface area contributed by atoms with Crippen molar-refractivity contribution in [3.8, 4) is 0 Å². The molecule has 2 aromatic rings. The highest BCUT2D eigenvalue weighted by Crippen LogP contribution is 2.33. The predicted octanol–water partition coefficient (Wildman–Crippen LogP) is 2.53. The molecule has 1 atom stereocenters. The molecule has 1 aromatic heterocycles. The lowest BCUT2D eigenvalue weighted by Crippen LogP contribution is -2.26. The van der Waals surface area contributed by atoms with Crippen molar-refractivity contribution in [3.63, 3.8) is 0 Å². The number of nitrogens with two attached hydrogens (primary N) is 1. The zero-order valence-electron chi connectivity index (χ0n) is 10.1. The molecular weight excluding hydrogens is 212 g/mol. The van der Waals surface area contributed by atoms with Crippen LogP contribution in [0.25, 0.3) is 11.0 Å². The molecule has 3 nitrogen and oxygen atoms in total. The van der Waals surface area contributed by atoms with Gasteiger partial charge in [-0.25, -0.2) is 0 Å². The lowest BCUT2D eigenvalue weighted by Gasteiger charge is -2.19. The molecule has 0 bridgehead atoms. The Morgan fingerprint density at radius 1 is 1.47 bits per heavy atom. The number of furan rings is 1. The Morgan fingerprint density at radius 2 is 2.35 bits per heavy atom. The minimum Gasteiger partial charge on any atom is -0.464 e. The van der Waals surface area contributed by atoms with Crippen LogP contribution in [-0.4, -0.2) is 19.1 Å². The number of hydrogen-bond acceptors (Lipinski definition) is 3. The molecule has 3 rings (SSSR count). The molecule has 1 unspecified atom stereocenters. The molecule has 1 aliphatic heterocycles. The molecule has 0 saturated carbocycles. The molecule has 0 amide bonds. The number of rotatable bonds is 2. The minimum absolute atomic E-state index is 0.308. The second kappa shape index (κ2) is 4.08. The quantitative estimate of drug-likeness (QED) is 0.862. The van der Waals surface area contributed by atoms with Crippen LogP contribution in [0.15, 0.2) is 28.9 Å². The van der Waals surface area contributed by atoms with Crippen molar-refractivity contribution in [1.29, 1.82) is 0 Å². The van der Waals surface area contributed by atoms with Gasteiger partial charge in [0.2, 0.25) is 0 Å². The Balaban J connectivity index is 2.11. The summed E-state index contributed by atoms with van der Waals surface area (Å²) in [5, 5.41) is 1.27. The van der Waals surface area contributed by atoms with Crippen LogP contribution in [0.5, 0.6) is 0 Å². The highest BCUT2D eigenvalue weighted by atomic mass is 16.3. The standard InChI is InChI=1S/C14H18N2O/c1-2-10-9-17-13-5-3-4-12(14(10)13)16-7-6-11(15)8-16/h3-5,9,11H,2,6-8,15H2,1H3. The fourth-order valence-electron chi connectivity index (χ4n) is 2.66. The topological polar surface area (TPSA) is 42.4 Å². The summed E-state index contributed by atoms with van der Waals surface area (Å²) in [4.78, 5) is 2.38. The van der Waals surface area contributed by atoms with Crippen molar-refractivity contribution >= 4 is 16.7 Å². The SMILES string of the molecule is CCc1coc2cccc(N3CCC(N)C3)c12. The van der Waals surface area contributed by atoms with Crippen LogP contribution in [0.1, 0.15) is 18.9 Å². The average Bonchev–Trinajstić information content (AvgIpc) is 2.94. The van der Waals surface area contributed by atoms with Gasteiger partial charge in [0.05, 0.1) is 6.26 Å². The number of anilines is 1. The lowest BCUT2D eigenvalue weighted by molar-refractivity contribution is 0.611. The summed E-state index contributed by atoms with van der Waals surface area (Å²) < 4.78 is 5.61. The van der Waals surface area contributed by atoms with Gasteiger partial charge in [0, 0.05) is 35.8 Å². The summed E-state index contributed by atoms with van der Waals surface area (Å²) in [7, 11) is 0. The van der Waals surface area contributed by atoms with E-state index in [1.807, 2.05) is 12.3 Å². The highest BCUT2D eigenvalue weighted by molar-refractivity contribution is 5.94. The predicted molar refractivity (Wildman–Crippen MR) is 70.4 cm³/mol. The van der Waals surface area contributed by atoms with E-state index in [0.29, 0.717) is 6.04 Å². The van der Waals surface area contributed by atoms with Gasteiger partial charge < -0.3 is 15.1 Å². The third-order valence-electron chi connectivity index (χ3n) is 3.60. The first-order valence-electron chi connectivity index (χ1n) is 6.29. The first-order chi connectivity index (χ1) is 8.29. The Kier molecular flexibility index (Phi) is 2.56. The molecule has 2 heterocycles. The lowest BCUT2D eigenvalue weighted by atomic mass is 10.1. The molecule has 3 heteroatoms. The van der Waals surface area contributed by atoms with Crippen LogP contribution in [0.3, 0.4) is 0 Å². The van der Waals surface area contributed by atoms with Crippen molar-refractivity contribution in [2.75, 3.05) is 18.0 Å². The van der Waals surface area contributed by atoms with Crippen LogP contribution in [0, 0.1) is 0 Å². The number of nitrogens with zero attached hydrogens (tertiary/aromatic N) is 1. The van der Waals surface area contributed by atoms with Crippen molar-refractivity contribution in [1.82, 2.24) is 0 Å². The number of fused-ring (bicyclic) bond motifs is 1. The zero-order chi connectivity index (χ0) is 11.8. The molecular formula is C14H18N2O. The summed E-state index contributed by atoms with van der Waals surface area (Å²) in [5.41, 5.74) is 9.54. The second-order valence-corrected chi connectivity index (χ2v) is 4.76. The third kappa shape index (κ3) is 1.71. The summed E-state index contributed by atoms with van der Waals surface area (Å²) in [6, 6.07) is 6.58. The van der Waals surface area contributed by atoms with Crippen LogP contribution >= 0.6 is 0 Å². The van der Waals surface area contributed by atoms with Gasteiger partial charge in [-0.05, 0) is 25.0 Å². The molecule has 2 N–H and O–H groups in total. The monoisotopic (exact) mass is 230 g/mol. The van der Waals surface area contributed by atoms with Crippen molar-refractivity contribution in [3.05, 3.63) is 30.0 Å². The Labute approximate surface area is 101 Å². The first kappa shape index (κ1) is 10.7. The van der Waals surface area contributed by atoms with E-state index in [4.69, 9.17) is 10.2 Å². The van der Waals surface area contributed by atoms with Crippen LogP contribution in [0.2, 0.25) is 0 Å². The molecule has 90 valence electrons. The summed E-state index contributed by atoms with van der Waals surface area (Å²) in [6.45, 7) is 4.17. The third-order valence-corrected chi connectivity index (χ3v) is 3.60. The molecule has 0 radical (unpaired) electrons. The molecule has 1 saturated heterocycles. The minimum atomic E-state index is 0.308. The van der Waals surface area contributed by atoms with E-state index in [0.717, 1.165) is 31.5 Å². The van der Waals surface area contributed by atoms with Gasteiger partial charge in [0.15, 0.2) is 0 Å². The zero-order valence-corrected chi connectivity index (χ0v) is 10.1. The van der Waals surface area contributed by atoms with E-state index < -0.39 is 0 Å². The number of aryl methyl sites for hydroxylation is 1. The van der Waals surface area contributed by atoms with E-state index in [1.54, 1.807) is 0 Å². The van der Waals surface area contributed by atoms with Gasteiger partial charge in [-0.15, -0.1) is 0 Å². The van der Waals surface area contributed by atoms with Crippen LogP contribution in [0.4, 0.5) is 5.69 Å². The van der Waals surface area contributed by atoms with Gasteiger partial charge in [-0.3, -0.25) is 0 Å². The van der Waals surface area contributed by atoms with E-state index in [9.17, 15) is 0 Å². The molecule has 0 spiro atoms.